The minimum atomic E-state index is 0.278. The van der Waals surface area contributed by atoms with Gasteiger partial charge in [0.15, 0.2) is 23.3 Å². The van der Waals surface area contributed by atoms with Gasteiger partial charge in [-0.15, -0.1) is 0 Å². The summed E-state index contributed by atoms with van der Waals surface area (Å²) >= 11 is 0. The van der Waals surface area contributed by atoms with E-state index in [0.29, 0.717) is 130 Å². The van der Waals surface area contributed by atoms with E-state index in [1.807, 2.05) is 12.3 Å². The van der Waals surface area contributed by atoms with Gasteiger partial charge in [0.1, 0.15) is 45.5 Å². The molecule has 0 unspecified atom stereocenters. The van der Waals surface area contributed by atoms with E-state index in [-0.39, 0.29) is 6.42 Å². The number of aliphatic imine (C=N–C) groups is 4. The number of hydrogen-bond donors (Lipinski definition) is 1. The molecule has 10 aromatic rings. The molecule has 2 aromatic heterocycles. The molecule has 8 aromatic carbocycles. The number of aromatic amines is 1. The minimum Gasteiger partial charge on any atom is -0.495 e. The van der Waals surface area contributed by atoms with Gasteiger partial charge in [-0.05, 0) is 97.5 Å². The number of H-pyrrole nitrogens is 1. The number of aryl methyl sites for hydroxylation is 2. The number of ether oxygens (including phenoxy) is 6. The number of hydrogen-bond acceptors (Lipinski definition) is 13. The van der Waals surface area contributed by atoms with Gasteiger partial charge in [0.05, 0.1) is 84.7 Å². The zero-order valence-corrected chi connectivity index (χ0v) is 52.2. The molecule has 14 rings (SSSR count). The topological polar surface area (TPSA) is 158 Å². The van der Waals surface area contributed by atoms with Crippen molar-refractivity contribution in [1.29, 1.82) is 0 Å². The summed E-state index contributed by atoms with van der Waals surface area (Å²) in [5.74, 6) is 5.69. The highest BCUT2D eigenvalue weighted by Gasteiger charge is 2.38. The Morgan fingerprint density at radius 2 is 0.798 bits per heavy atom. The van der Waals surface area contributed by atoms with Crippen molar-refractivity contribution in [2.75, 3.05) is 40.1 Å². The Labute approximate surface area is 517 Å². The molecule has 0 saturated carbocycles. The number of rotatable bonds is 21. The van der Waals surface area contributed by atoms with Crippen LogP contribution < -0.4 is 49.8 Å². The van der Waals surface area contributed by atoms with Gasteiger partial charge in [0.2, 0.25) is 0 Å². The molecule has 89 heavy (non-hydrogen) atoms. The van der Waals surface area contributed by atoms with Gasteiger partial charge in [-0.25, -0.2) is 30.0 Å². The Hall–Kier alpha value is -9.43. The standard InChI is InChI=1S/C75H74N8O6/c1-9-14-34-85-65-47-29-22-21-28-46(47)42(6)56-58(65)73-79-70(56)80-74-60-59(66(86-35-15-10-2)48-30-23-24-31-49(48)67(60)87-36-16-11-3)71(81-74)77-53-41-54(57-55(53)43(7)63-50(64(57)84-8)32-25-33-76-63)78-72-61-62(75(82-72)83-73)69(89-38-18-13-5)52-40-45-27-20-19-26-44(45)39-51(52)68(61)88-37-17-12-4/h19-33,39-40H,9-18,34-38,41H2,1-8H3,(H,77,78,79,80,81,82,83). The fourth-order valence-corrected chi connectivity index (χ4v) is 13.2. The number of nitrogens with zero attached hydrogens (tertiary/aromatic N) is 7. The maximum atomic E-state index is 7.20. The van der Waals surface area contributed by atoms with Crippen LogP contribution in [0.25, 0.3) is 76.2 Å². The van der Waals surface area contributed by atoms with Crippen LogP contribution in [-0.2, 0) is 0 Å². The van der Waals surface area contributed by atoms with Crippen LogP contribution in [0.1, 0.15) is 139 Å². The molecule has 0 saturated heterocycles. The monoisotopic (exact) mass is 1180 g/mol. The van der Waals surface area contributed by atoms with E-state index in [1.54, 1.807) is 7.11 Å². The molecule has 0 atom stereocenters. The third kappa shape index (κ3) is 9.73. The van der Waals surface area contributed by atoms with Crippen LogP contribution in [0.5, 0.6) is 34.5 Å². The molecule has 4 aliphatic rings. The normalized spacial score (nSPS) is 14.0. The van der Waals surface area contributed by atoms with Gasteiger partial charge in [-0.2, -0.15) is 0 Å². The van der Waals surface area contributed by atoms with Crippen molar-refractivity contribution in [2.45, 2.75) is 119 Å². The first kappa shape index (κ1) is 57.3. The third-order valence-electron chi connectivity index (χ3n) is 17.7. The minimum absolute atomic E-state index is 0.278. The summed E-state index contributed by atoms with van der Waals surface area (Å²) in [6.07, 6.45) is 11.0. The number of nitrogens with one attached hydrogen (secondary N) is 1. The Kier molecular flexibility index (Phi) is 15.6. The number of pyridine rings is 1. The number of unbranched alkanes of at least 4 members (excludes halogenated alkanes) is 5. The van der Waals surface area contributed by atoms with Crippen LogP contribution >= 0.6 is 0 Å². The van der Waals surface area contributed by atoms with Gasteiger partial charge >= 0.3 is 0 Å². The molecule has 1 aliphatic carbocycles. The van der Waals surface area contributed by atoms with Crippen LogP contribution in [0.4, 0.5) is 0 Å². The van der Waals surface area contributed by atoms with E-state index in [1.165, 1.54) is 0 Å². The van der Waals surface area contributed by atoms with Crippen LogP contribution in [0.3, 0.4) is 0 Å². The summed E-state index contributed by atoms with van der Waals surface area (Å²) in [5.41, 5.74) is 7.99. The maximum Gasteiger partial charge on any atom is 0.168 e. The number of amidine groups is 4. The zero-order valence-electron chi connectivity index (χ0n) is 52.2. The summed E-state index contributed by atoms with van der Waals surface area (Å²) in [5, 5.41) is 11.9. The lowest BCUT2D eigenvalue weighted by molar-refractivity contribution is 0.305. The molecule has 0 fully saturated rings. The van der Waals surface area contributed by atoms with E-state index in [0.717, 1.165) is 156 Å². The smallest absolute Gasteiger partial charge is 0.168 e. The predicted molar refractivity (Wildman–Crippen MR) is 360 cm³/mol. The van der Waals surface area contributed by atoms with Gasteiger partial charge < -0.3 is 33.4 Å². The predicted octanol–water partition coefficient (Wildman–Crippen LogP) is 14.8. The maximum absolute atomic E-state index is 7.20. The van der Waals surface area contributed by atoms with Crippen LogP contribution in [-0.4, -0.2) is 73.5 Å². The molecule has 0 radical (unpaired) electrons. The van der Waals surface area contributed by atoms with Crippen molar-refractivity contribution in [3.8, 4) is 34.5 Å². The molecule has 1 N–H and O–H groups in total. The van der Waals surface area contributed by atoms with Gasteiger partial charge in [0.25, 0.3) is 0 Å². The lowest BCUT2D eigenvalue weighted by Crippen LogP contribution is -2.30. The number of methoxy groups -OCH3 is 1. The molecule has 8 bridgehead atoms. The SMILES string of the molecule is CCCCOc1c2c(c(OCCCC)c3ccccc13)C1=NC3=c4c(C)c5ncccc5c(OC)c4=C(C3)N=C3N=C(N=c4[nH]c(c5c(C)c6ccccc6c(OCCCC)c45)=NC2=N1)c1c3c(OCCCC)c2cc3ccccc3cc2c1OCCCC. The van der Waals surface area contributed by atoms with Crippen LogP contribution in [0.15, 0.2) is 133 Å². The van der Waals surface area contributed by atoms with E-state index in [2.05, 4.69) is 144 Å². The highest BCUT2D eigenvalue weighted by molar-refractivity contribution is 6.31. The highest BCUT2D eigenvalue weighted by Crippen LogP contribution is 2.49. The molecular formula is C75H74N8O6. The number of fused-ring (bicyclic) bond motifs is 21. The van der Waals surface area contributed by atoms with Gasteiger partial charge in [-0.1, -0.05) is 140 Å². The second-order valence-electron chi connectivity index (χ2n) is 23.5. The fraction of sp³-hybridized carbons (Fsp3) is 0.320. The van der Waals surface area contributed by atoms with Gasteiger partial charge in [-0.3, -0.25) is 4.98 Å². The Morgan fingerprint density at radius 1 is 0.393 bits per heavy atom. The first-order chi connectivity index (χ1) is 43.8. The van der Waals surface area contributed by atoms with E-state index in [4.69, 9.17) is 63.4 Å². The summed E-state index contributed by atoms with van der Waals surface area (Å²) in [6.45, 7) is 17.5. The Morgan fingerprint density at radius 3 is 1.28 bits per heavy atom. The summed E-state index contributed by atoms with van der Waals surface area (Å²) in [4.78, 5) is 43.5. The van der Waals surface area contributed by atoms with Crippen molar-refractivity contribution in [2.24, 2.45) is 30.0 Å². The van der Waals surface area contributed by atoms with Crippen molar-refractivity contribution < 1.29 is 28.4 Å². The number of benzene rings is 8. The molecule has 5 heterocycles. The largest absolute Gasteiger partial charge is 0.495 e. The average Bonchev–Trinajstić information content (AvgIpc) is 1.69. The Balaban J connectivity index is 1.21. The molecule has 14 heteroatoms. The van der Waals surface area contributed by atoms with Crippen molar-refractivity contribution >= 4 is 99.5 Å². The van der Waals surface area contributed by atoms with Crippen molar-refractivity contribution in [3.63, 3.8) is 0 Å². The average molecular weight is 1180 g/mol. The fourth-order valence-electron chi connectivity index (χ4n) is 13.2. The van der Waals surface area contributed by atoms with E-state index in [9.17, 15) is 0 Å². The first-order valence-electron chi connectivity index (χ1n) is 32.1. The zero-order chi connectivity index (χ0) is 60.9. The summed E-state index contributed by atoms with van der Waals surface area (Å²) in [7, 11) is 1.72. The second-order valence-corrected chi connectivity index (χ2v) is 23.5. The molecule has 450 valence electrons. The lowest BCUT2D eigenvalue weighted by Gasteiger charge is -2.20. The third-order valence-corrected chi connectivity index (χ3v) is 17.7. The molecule has 0 amide bonds. The van der Waals surface area contributed by atoms with Crippen LogP contribution in [0.2, 0.25) is 0 Å². The first-order valence-corrected chi connectivity index (χ1v) is 32.1. The van der Waals surface area contributed by atoms with E-state index < -0.39 is 0 Å². The second kappa shape index (κ2) is 24.3. The lowest BCUT2D eigenvalue weighted by atomic mass is 9.95. The summed E-state index contributed by atoms with van der Waals surface area (Å²) < 4.78 is 42.2. The van der Waals surface area contributed by atoms with Gasteiger partial charge in [0, 0.05) is 60.8 Å². The summed E-state index contributed by atoms with van der Waals surface area (Å²) in [6, 6.07) is 33.7. The number of aromatic nitrogens is 2. The van der Waals surface area contributed by atoms with Crippen molar-refractivity contribution in [3.05, 3.63) is 158 Å². The van der Waals surface area contributed by atoms with Crippen molar-refractivity contribution in [1.82, 2.24) is 9.97 Å². The highest BCUT2D eigenvalue weighted by atomic mass is 16.5. The van der Waals surface area contributed by atoms with E-state index >= 15 is 0 Å². The molecular weight excluding hydrogens is 1110 g/mol. The molecule has 14 nitrogen and oxygen atoms in total. The quantitative estimate of drug-likeness (QED) is 0.0554. The Bertz CT molecular complexity index is 4980. The molecule has 3 aliphatic heterocycles. The molecule has 0 spiro atoms. The van der Waals surface area contributed by atoms with Crippen LogP contribution in [0, 0.1) is 13.8 Å².